The van der Waals surface area contributed by atoms with Gasteiger partial charge >= 0.3 is 11.4 Å². The third-order valence-electron chi connectivity index (χ3n) is 9.07. The van der Waals surface area contributed by atoms with Crippen molar-refractivity contribution in [3.05, 3.63) is 114 Å². The second kappa shape index (κ2) is 16.2. The van der Waals surface area contributed by atoms with Gasteiger partial charge in [0.05, 0.1) is 32.9 Å². The summed E-state index contributed by atoms with van der Waals surface area (Å²) in [6.45, 7) is 13.0. The summed E-state index contributed by atoms with van der Waals surface area (Å²) in [4.78, 5) is 27.2. The molecule has 3 aromatic rings. The van der Waals surface area contributed by atoms with E-state index in [9.17, 15) is 53.5 Å². The van der Waals surface area contributed by atoms with Crippen LogP contribution in [0.2, 0.25) is 0 Å². The van der Waals surface area contributed by atoms with Gasteiger partial charge in [-0.05, 0) is 40.5 Å². The van der Waals surface area contributed by atoms with Crippen molar-refractivity contribution < 1.29 is 42.9 Å². The maximum Gasteiger partial charge on any atom is 0.300 e. The van der Waals surface area contributed by atoms with Gasteiger partial charge < -0.3 is 19.7 Å². The topological polar surface area (TPSA) is 232 Å². The Morgan fingerprint density at radius 3 is 1.58 bits per heavy atom. The number of rotatable bonds is 8. The highest BCUT2D eigenvalue weighted by Crippen LogP contribution is 2.39. The van der Waals surface area contributed by atoms with Crippen LogP contribution in [0.4, 0.5) is 17.1 Å². The summed E-state index contributed by atoms with van der Waals surface area (Å²) in [5.41, 5.74) is -3.65. The highest BCUT2D eigenvalue weighted by molar-refractivity contribution is 7.86. The quantitative estimate of drug-likeness (QED) is 0.173. The molecule has 1 heterocycles. The molecular weight excluding hydrogens is 648 g/mol. The van der Waals surface area contributed by atoms with E-state index in [0.29, 0.717) is 6.04 Å². The Morgan fingerprint density at radius 2 is 1.25 bits per heavy atom. The van der Waals surface area contributed by atoms with Gasteiger partial charge in [-0.25, -0.2) is 8.42 Å². The maximum atomic E-state index is 11.1. The first-order chi connectivity index (χ1) is 22.2. The summed E-state index contributed by atoms with van der Waals surface area (Å²) in [6.07, 6.45) is 1.89. The fraction of sp³-hybridized carbons (Fsp3) is 0.438. The average molecular weight is 691 g/mol. The molecule has 0 radical (unpaired) electrons. The largest absolute Gasteiger partial charge is 0.744 e. The molecule has 6 atom stereocenters. The van der Waals surface area contributed by atoms with E-state index in [1.165, 1.54) is 16.0 Å². The van der Waals surface area contributed by atoms with Gasteiger partial charge in [0.1, 0.15) is 33.9 Å². The zero-order valence-corrected chi connectivity index (χ0v) is 28.4. The smallest absolute Gasteiger partial charge is 0.300 e. The van der Waals surface area contributed by atoms with Crippen molar-refractivity contribution in [3.63, 3.8) is 0 Å². The predicted octanol–water partition coefficient (Wildman–Crippen LogP) is 4.09. The number of piperidine rings is 1. The van der Waals surface area contributed by atoms with Crippen molar-refractivity contribution in [1.29, 1.82) is 0 Å². The summed E-state index contributed by atoms with van der Waals surface area (Å²) in [7, 11) is -5.55. The van der Waals surface area contributed by atoms with E-state index in [1.807, 2.05) is 31.2 Å². The van der Waals surface area contributed by atoms with Crippen molar-refractivity contribution in [2.24, 2.45) is 5.92 Å². The highest BCUT2D eigenvalue weighted by Gasteiger charge is 2.61. The van der Waals surface area contributed by atoms with Crippen molar-refractivity contribution >= 4 is 27.2 Å². The molecular formula is C32H42N4O11S. The molecule has 1 fully saturated rings. The minimum Gasteiger partial charge on any atom is -0.744 e. The van der Waals surface area contributed by atoms with E-state index in [0.717, 1.165) is 19.4 Å². The molecule has 0 spiro atoms. The Bertz CT molecular complexity index is 1650. The molecule has 3 aromatic carbocycles. The van der Waals surface area contributed by atoms with Gasteiger partial charge in [0, 0.05) is 11.5 Å². The lowest BCUT2D eigenvalue weighted by Gasteiger charge is -2.57. The number of nitrogens with zero attached hydrogens (tertiary/aromatic N) is 3. The van der Waals surface area contributed by atoms with Gasteiger partial charge in [0.2, 0.25) is 4.90 Å². The Labute approximate surface area is 279 Å². The molecule has 262 valence electrons. The maximum absolute atomic E-state index is 11.1. The minimum atomic E-state index is -5.55. The van der Waals surface area contributed by atoms with E-state index < -0.39 is 58.0 Å². The molecule has 0 bridgehead atoms. The lowest BCUT2D eigenvalue weighted by Crippen LogP contribution is -3.23. The first kappa shape index (κ1) is 39.8. The number of hydrogen-bond donors (Lipinski definition) is 3. The van der Waals surface area contributed by atoms with Crippen molar-refractivity contribution in [3.8, 4) is 0 Å². The molecule has 3 N–H and O–H groups in total. The lowest BCUT2D eigenvalue weighted by atomic mass is 9.64. The molecule has 15 nitrogen and oxygen atoms in total. The first-order valence-electron chi connectivity index (χ1n) is 15.1. The van der Waals surface area contributed by atoms with Crippen molar-refractivity contribution in [2.75, 3.05) is 0 Å². The monoisotopic (exact) mass is 690 g/mol. The Balaban J connectivity index is 0.000000279. The number of aliphatic hydroxyl groups is 2. The molecule has 16 heteroatoms. The minimum absolute atomic E-state index is 0.0181. The number of likely N-dealkylation sites (tertiary alicyclic amines) is 1. The number of non-ortho nitro benzene ring substituents is 1. The summed E-state index contributed by atoms with van der Waals surface area (Å²) in [5.74, 6) is 0.0995. The van der Waals surface area contributed by atoms with E-state index in [-0.39, 0.29) is 24.1 Å². The Morgan fingerprint density at radius 1 is 0.792 bits per heavy atom. The normalized spacial score (nSPS) is 25.0. The number of quaternary nitrogens is 1. The van der Waals surface area contributed by atoms with Crippen LogP contribution >= 0.6 is 0 Å². The number of hydrogen-bond acceptors (Lipinski definition) is 11. The van der Waals surface area contributed by atoms with E-state index in [4.69, 9.17) is 0 Å². The fourth-order valence-corrected chi connectivity index (χ4v) is 7.02. The van der Waals surface area contributed by atoms with Crippen LogP contribution in [0.15, 0.2) is 77.7 Å². The Kier molecular flexibility index (Phi) is 13.4. The molecule has 1 aliphatic heterocycles. The van der Waals surface area contributed by atoms with Gasteiger partial charge in [0.25, 0.3) is 5.69 Å². The molecule has 1 aliphatic rings. The molecule has 0 amide bonds. The van der Waals surface area contributed by atoms with Crippen LogP contribution in [0.3, 0.4) is 0 Å². The predicted molar refractivity (Wildman–Crippen MR) is 175 cm³/mol. The molecule has 1 unspecified atom stereocenters. The van der Waals surface area contributed by atoms with Crippen molar-refractivity contribution in [1.82, 2.24) is 0 Å². The van der Waals surface area contributed by atoms with Gasteiger partial charge in [-0.15, -0.1) is 0 Å². The van der Waals surface area contributed by atoms with Gasteiger partial charge in [0.15, 0.2) is 0 Å². The summed E-state index contributed by atoms with van der Waals surface area (Å²) < 4.78 is 32.5. The number of benzene rings is 3. The third-order valence-corrected chi connectivity index (χ3v) is 9.99. The number of nitrogens with one attached hydrogen (secondary N) is 1. The second-order valence-corrected chi connectivity index (χ2v) is 13.3. The Hall–Kier alpha value is -4.35. The van der Waals surface area contributed by atoms with Crippen LogP contribution < -0.4 is 4.90 Å². The molecule has 1 saturated heterocycles. The van der Waals surface area contributed by atoms with Crippen LogP contribution in [-0.4, -0.2) is 61.2 Å². The molecule has 0 saturated carbocycles. The summed E-state index contributed by atoms with van der Waals surface area (Å²) in [6, 6.07) is 21.4. The van der Waals surface area contributed by atoms with Crippen LogP contribution in [0.5, 0.6) is 0 Å². The fourth-order valence-electron chi connectivity index (χ4n) is 6.24. The van der Waals surface area contributed by atoms with Crippen LogP contribution in [0, 0.1) is 43.2 Å². The van der Waals surface area contributed by atoms with E-state index >= 15 is 0 Å². The first-order valence-corrected chi connectivity index (χ1v) is 16.6. The van der Waals surface area contributed by atoms with Crippen LogP contribution in [-0.2, 0) is 16.7 Å². The molecule has 4 rings (SSSR count). The summed E-state index contributed by atoms with van der Waals surface area (Å²) >= 11 is 0. The SMILES string of the molecule is CC[C@@H]1[C@@H](CC)[C@](C)(O)[C@@](C)(O)[C@@H](C)[NH+]1Cc1ccccc1.Cc1ccccc1.O=[N+]([O-])c1cc([N+](=O)[O-])c(S(=O)(=O)[O-])c([N+](=O)[O-])c1. The van der Waals surface area contributed by atoms with Crippen LogP contribution in [0.1, 0.15) is 58.6 Å². The number of nitro groups is 3. The molecule has 0 aromatic heterocycles. The molecule has 0 aliphatic carbocycles. The third kappa shape index (κ3) is 9.17. The molecule has 48 heavy (non-hydrogen) atoms. The van der Waals surface area contributed by atoms with Crippen LogP contribution in [0.25, 0.3) is 0 Å². The van der Waals surface area contributed by atoms with Gasteiger partial charge in [-0.2, -0.15) is 0 Å². The highest BCUT2D eigenvalue weighted by atomic mass is 32.2. The lowest BCUT2D eigenvalue weighted by molar-refractivity contribution is -0.981. The van der Waals surface area contributed by atoms with E-state index in [1.54, 1.807) is 6.92 Å². The number of nitro benzene ring substituents is 3. The van der Waals surface area contributed by atoms with Gasteiger partial charge in [-0.1, -0.05) is 80.1 Å². The number of aryl methyl sites for hydroxylation is 1. The van der Waals surface area contributed by atoms with E-state index in [2.05, 4.69) is 64.1 Å². The van der Waals surface area contributed by atoms with Gasteiger partial charge in [-0.3, -0.25) is 30.3 Å². The van der Waals surface area contributed by atoms with Crippen molar-refractivity contribution in [2.45, 2.75) is 89.1 Å². The standard InChI is InChI=1S/C19H31NO2.C7H8.C6H3N3O9S/c1-6-16-17(7-2)20(13-15-11-9-8-10-12-15)14(3)18(4,21)19(16,5)22;1-7-5-3-2-4-6-7;10-7(11)3-1-4(8(12)13)6(19(16,17)18)5(2-3)9(14)15/h8-12,14,16-17,21-22H,6-7,13H2,1-5H3;2-6H,1H3;1-2H,(H,16,17,18)/t14-,16-,17-,18+,19+;;/m1../s1. The zero-order valence-electron chi connectivity index (χ0n) is 27.6. The zero-order chi connectivity index (χ0) is 36.6. The summed E-state index contributed by atoms with van der Waals surface area (Å²) in [5, 5.41) is 53.7. The average Bonchev–Trinajstić information content (AvgIpc) is 3.01. The second-order valence-electron chi connectivity index (χ2n) is 12.0.